The van der Waals surface area contributed by atoms with E-state index in [0.717, 1.165) is 0 Å². The van der Waals surface area contributed by atoms with Gasteiger partial charge in [0, 0.05) is 17.6 Å². The summed E-state index contributed by atoms with van der Waals surface area (Å²) >= 11 is 3.25. The van der Waals surface area contributed by atoms with Gasteiger partial charge in [-0.25, -0.2) is 13.1 Å². The summed E-state index contributed by atoms with van der Waals surface area (Å²) in [6.45, 7) is 6.33. The van der Waals surface area contributed by atoms with Gasteiger partial charge in [-0.05, 0) is 38.5 Å². The maximum absolute atomic E-state index is 12.2. The molecule has 0 atom stereocenters. The third-order valence-corrected chi connectivity index (χ3v) is 5.01. The monoisotopic (exact) mass is 362 g/mol. The van der Waals surface area contributed by atoms with Crippen LogP contribution < -0.4 is 4.72 Å². The maximum atomic E-state index is 12.2. The highest BCUT2D eigenvalue weighted by molar-refractivity contribution is 9.10. The van der Waals surface area contributed by atoms with Gasteiger partial charge in [0.05, 0.1) is 11.4 Å². The highest BCUT2D eigenvalue weighted by Crippen LogP contribution is 2.20. The van der Waals surface area contributed by atoms with Gasteiger partial charge >= 0.3 is 0 Å². The number of carbonyl (C=O) groups excluding carboxylic acids is 1. The number of amides is 1. The zero-order valence-corrected chi connectivity index (χ0v) is 14.2. The van der Waals surface area contributed by atoms with E-state index in [0.29, 0.717) is 23.1 Å². The number of benzene rings is 1. The minimum atomic E-state index is -3.69. The molecule has 5 nitrogen and oxygen atoms in total. The maximum Gasteiger partial charge on any atom is 0.241 e. The van der Waals surface area contributed by atoms with Crippen molar-refractivity contribution in [2.75, 3.05) is 19.6 Å². The lowest BCUT2D eigenvalue weighted by atomic mass is 10.2. The highest BCUT2D eigenvalue weighted by atomic mass is 79.9. The Hall–Kier alpha value is -0.920. The molecule has 0 radical (unpaired) electrons. The van der Waals surface area contributed by atoms with Crippen molar-refractivity contribution >= 4 is 31.9 Å². The summed E-state index contributed by atoms with van der Waals surface area (Å²) in [5, 5.41) is 0. The molecule has 0 aliphatic rings. The fraction of sp³-hybridized carbons (Fsp3) is 0.462. The summed E-state index contributed by atoms with van der Waals surface area (Å²) in [5.74, 6) is -0.230. The van der Waals surface area contributed by atoms with Crippen LogP contribution in [0.25, 0.3) is 0 Å². The summed E-state index contributed by atoms with van der Waals surface area (Å²) in [6, 6.07) is 5.01. The normalized spacial score (nSPS) is 11.4. The largest absolute Gasteiger partial charge is 0.342 e. The first-order chi connectivity index (χ1) is 9.31. The van der Waals surface area contributed by atoms with Crippen LogP contribution in [0.4, 0.5) is 0 Å². The van der Waals surface area contributed by atoms with Crippen molar-refractivity contribution in [2.24, 2.45) is 0 Å². The van der Waals surface area contributed by atoms with E-state index in [-0.39, 0.29) is 17.3 Å². The van der Waals surface area contributed by atoms with Crippen LogP contribution >= 0.6 is 15.9 Å². The van der Waals surface area contributed by atoms with Crippen molar-refractivity contribution in [3.8, 4) is 0 Å². The molecule has 1 aromatic rings. The average molecular weight is 363 g/mol. The van der Waals surface area contributed by atoms with Crippen molar-refractivity contribution in [1.82, 2.24) is 9.62 Å². The van der Waals surface area contributed by atoms with Gasteiger partial charge in [-0.3, -0.25) is 4.79 Å². The first-order valence-electron chi connectivity index (χ1n) is 6.35. The molecule has 0 heterocycles. The summed E-state index contributed by atoms with van der Waals surface area (Å²) in [4.78, 5) is 13.6. The standard InChI is InChI=1S/C13H19BrN2O3S/c1-4-16(5-2)13(17)9-15-20(18,19)12-8-11(14)7-6-10(12)3/h6-8,15H,4-5,9H2,1-3H3. The van der Waals surface area contributed by atoms with Crippen molar-refractivity contribution in [3.05, 3.63) is 28.2 Å². The summed E-state index contributed by atoms with van der Waals surface area (Å²) < 4.78 is 27.4. The third kappa shape index (κ3) is 4.29. The van der Waals surface area contributed by atoms with Gasteiger partial charge < -0.3 is 4.90 Å². The second kappa shape index (κ2) is 7.19. The summed E-state index contributed by atoms with van der Waals surface area (Å²) in [7, 11) is -3.69. The van der Waals surface area contributed by atoms with E-state index in [4.69, 9.17) is 0 Å². The number of rotatable bonds is 6. The quantitative estimate of drug-likeness (QED) is 0.840. The molecule has 0 saturated carbocycles. The van der Waals surface area contributed by atoms with Crippen molar-refractivity contribution in [1.29, 1.82) is 0 Å². The molecule has 1 aromatic carbocycles. The number of halogens is 1. The summed E-state index contributed by atoms with van der Waals surface area (Å²) in [6.07, 6.45) is 0. The molecule has 0 saturated heterocycles. The van der Waals surface area contributed by atoms with Gasteiger partial charge in [-0.2, -0.15) is 0 Å². The lowest BCUT2D eigenvalue weighted by molar-refractivity contribution is -0.129. The van der Waals surface area contributed by atoms with Gasteiger partial charge in [0.15, 0.2) is 0 Å². The Morgan fingerprint density at radius 1 is 1.30 bits per heavy atom. The first-order valence-corrected chi connectivity index (χ1v) is 8.63. The lowest BCUT2D eigenvalue weighted by Crippen LogP contribution is -2.40. The molecule has 0 bridgehead atoms. The van der Waals surface area contributed by atoms with Crippen LogP contribution in [0, 0.1) is 6.92 Å². The number of carbonyl (C=O) groups is 1. The zero-order chi connectivity index (χ0) is 15.3. The number of hydrogen-bond donors (Lipinski definition) is 1. The Balaban J connectivity index is 2.86. The minimum absolute atomic E-state index is 0.180. The Labute approximate surface area is 128 Å². The highest BCUT2D eigenvalue weighted by Gasteiger charge is 2.19. The van der Waals surface area contributed by atoms with Gasteiger partial charge in [0.1, 0.15) is 0 Å². The zero-order valence-electron chi connectivity index (χ0n) is 11.8. The fourth-order valence-corrected chi connectivity index (χ4v) is 3.54. The molecule has 0 fully saturated rings. The van der Waals surface area contributed by atoms with Crippen LogP contribution in [0.2, 0.25) is 0 Å². The van der Waals surface area contributed by atoms with Crippen LogP contribution in [-0.4, -0.2) is 38.9 Å². The summed E-state index contributed by atoms with van der Waals surface area (Å²) in [5.41, 5.74) is 0.635. The smallest absolute Gasteiger partial charge is 0.241 e. The molecule has 0 unspecified atom stereocenters. The number of aryl methyl sites for hydroxylation is 1. The number of likely N-dealkylation sites (N-methyl/N-ethyl adjacent to an activating group) is 1. The number of nitrogens with one attached hydrogen (secondary N) is 1. The number of hydrogen-bond acceptors (Lipinski definition) is 3. The molecule has 1 N–H and O–H groups in total. The van der Waals surface area contributed by atoms with Crippen LogP contribution in [0.1, 0.15) is 19.4 Å². The van der Waals surface area contributed by atoms with Gasteiger partial charge in [-0.15, -0.1) is 0 Å². The Kier molecular flexibility index (Phi) is 6.16. The molecule has 20 heavy (non-hydrogen) atoms. The lowest BCUT2D eigenvalue weighted by Gasteiger charge is -2.19. The van der Waals surface area contributed by atoms with Crippen LogP contribution in [0.15, 0.2) is 27.6 Å². The minimum Gasteiger partial charge on any atom is -0.342 e. The van der Waals surface area contributed by atoms with E-state index in [1.807, 2.05) is 13.8 Å². The molecule has 1 amide bonds. The van der Waals surface area contributed by atoms with E-state index in [1.165, 1.54) is 6.07 Å². The molecule has 0 aliphatic carbocycles. The van der Waals surface area contributed by atoms with Gasteiger partial charge in [-0.1, -0.05) is 22.0 Å². The average Bonchev–Trinajstić information content (AvgIpc) is 2.40. The molecule has 7 heteroatoms. The topological polar surface area (TPSA) is 66.5 Å². The predicted molar refractivity (Wildman–Crippen MR) is 82.0 cm³/mol. The molecular weight excluding hydrogens is 344 g/mol. The molecular formula is C13H19BrN2O3S. The third-order valence-electron chi connectivity index (χ3n) is 2.97. The van der Waals surface area contributed by atoms with E-state index < -0.39 is 10.0 Å². The Bertz CT molecular complexity index is 583. The van der Waals surface area contributed by atoms with Gasteiger partial charge in [0.2, 0.25) is 15.9 Å². The van der Waals surface area contributed by atoms with Crippen molar-refractivity contribution in [2.45, 2.75) is 25.7 Å². The van der Waals surface area contributed by atoms with E-state index >= 15 is 0 Å². The van der Waals surface area contributed by atoms with Gasteiger partial charge in [0.25, 0.3) is 0 Å². The molecule has 0 aliphatic heterocycles. The molecule has 112 valence electrons. The van der Waals surface area contributed by atoms with Crippen LogP contribution in [0.5, 0.6) is 0 Å². The molecule has 0 aromatic heterocycles. The predicted octanol–water partition coefficient (Wildman–Crippen LogP) is 1.90. The number of sulfonamides is 1. The van der Waals surface area contributed by atoms with E-state index in [1.54, 1.807) is 24.0 Å². The second-order valence-corrected chi connectivity index (χ2v) is 6.95. The fourth-order valence-electron chi connectivity index (χ4n) is 1.79. The SMILES string of the molecule is CCN(CC)C(=O)CNS(=O)(=O)c1cc(Br)ccc1C. The molecule has 0 spiro atoms. The Morgan fingerprint density at radius 3 is 2.45 bits per heavy atom. The van der Waals surface area contributed by atoms with Crippen molar-refractivity contribution in [3.63, 3.8) is 0 Å². The van der Waals surface area contributed by atoms with Crippen molar-refractivity contribution < 1.29 is 13.2 Å². The van der Waals surface area contributed by atoms with E-state index in [2.05, 4.69) is 20.7 Å². The van der Waals surface area contributed by atoms with E-state index in [9.17, 15) is 13.2 Å². The first kappa shape index (κ1) is 17.1. The van der Waals surface area contributed by atoms with Crippen LogP contribution in [0.3, 0.4) is 0 Å². The Morgan fingerprint density at radius 2 is 1.90 bits per heavy atom. The second-order valence-electron chi connectivity index (χ2n) is 4.30. The number of nitrogens with zero attached hydrogens (tertiary/aromatic N) is 1. The molecule has 1 rings (SSSR count). The van der Waals surface area contributed by atoms with Crippen LogP contribution in [-0.2, 0) is 14.8 Å².